The first-order valence-electron chi connectivity index (χ1n) is 6.08. The molecular weight excluding hydrogens is 158 g/mol. The minimum absolute atomic E-state index is 0.573. The third kappa shape index (κ3) is 1.52. The van der Waals surface area contributed by atoms with Crippen LogP contribution in [0.3, 0.4) is 0 Å². The van der Waals surface area contributed by atoms with Crippen molar-refractivity contribution < 1.29 is 0 Å². The molecule has 0 amide bonds. The summed E-state index contributed by atoms with van der Waals surface area (Å²) < 4.78 is 0. The summed E-state index contributed by atoms with van der Waals surface area (Å²) in [6.07, 6.45) is 8.56. The average molecular weight is 181 g/mol. The second-order valence-electron chi connectivity index (χ2n) is 4.86. The lowest BCUT2D eigenvalue weighted by Crippen LogP contribution is -2.48. The third-order valence-corrected chi connectivity index (χ3v) is 4.24. The highest BCUT2D eigenvalue weighted by molar-refractivity contribution is 5.07. The van der Waals surface area contributed by atoms with E-state index in [9.17, 15) is 0 Å². The molecule has 1 nitrogen and oxygen atoms in total. The molecule has 0 radical (unpaired) electrons. The Morgan fingerprint density at radius 3 is 2.38 bits per heavy atom. The van der Waals surface area contributed by atoms with E-state index in [-0.39, 0.29) is 0 Å². The number of nitrogens with one attached hydrogen (secondary N) is 1. The van der Waals surface area contributed by atoms with Crippen LogP contribution in [0.1, 0.15) is 52.4 Å². The van der Waals surface area contributed by atoms with Crippen LogP contribution in [0.15, 0.2) is 0 Å². The summed E-state index contributed by atoms with van der Waals surface area (Å²) in [4.78, 5) is 0. The Balaban J connectivity index is 2.10. The molecule has 13 heavy (non-hydrogen) atoms. The average Bonchev–Trinajstić information content (AvgIpc) is 2.90. The van der Waals surface area contributed by atoms with Gasteiger partial charge in [0.2, 0.25) is 0 Å². The lowest BCUT2D eigenvalue weighted by atomic mass is 9.75. The molecular formula is C12H23N. The van der Waals surface area contributed by atoms with E-state index in [1.165, 1.54) is 45.1 Å². The van der Waals surface area contributed by atoms with E-state index >= 15 is 0 Å². The molecule has 1 saturated heterocycles. The molecule has 2 fully saturated rings. The monoisotopic (exact) mass is 181 g/mol. The predicted octanol–water partition coefficient (Wildman–Crippen LogP) is 2.95. The Kier molecular flexibility index (Phi) is 2.64. The molecule has 1 saturated carbocycles. The smallest absolute Gasteiger partial charge is 0.0238 e. The number of hydrogen-bond acceptors (Lipinski definition) is 1. The van der Waals surface area contributed by atoms with Gasteiger partial charge in [-0.2, -0.15) is 0 Å². The quantitative estimate of drug-likeness (QED) is 0.703. The summed E-state index contributed by atoms with van der Waals surface area (Å²) in [5.41, 5.74) is 0.573. The molecule has 2 rings (SSSR count). The summed E-state index contributed by atoms with van der Waals surface area (Å²) in [5.74, 6) is 1.96. The topological polar surface area (TPSA) is 12.0 Å². The first-order valence-corrected chi connectivity index (χ1v) is 6.08. The summed E-state index contributed by atoms with van der Waals surface area (Å²) >= 11 is 0. The van der Waals surface area contributed by atoms with Gasteiger partial charge in [-0.3, -0.25) is 0 Å². The molecule has 1 aliphatic heterocycles. The molecule has 1 heterocycles. The summed E-state index contributed by atoms with van der Waals surface area (Å²) in [6, 6.07) is 0. The highest BCUT2D eigenvalue weighted by Gasteiger charge is 2.49. The van der Waals surface area contributed by atoms with Gasteiger partial charge in [-0.25, -0.2) is 0 Å². The fourth-order valence-corrected chi connectivity index (χ4v) is 3.44. The van der Waals surface area contributed by atoms with Gasteiger partial charge in [0.25, 0.3) is 0 Å². The zero-order valence-electron chi connectivity index (χ0n) is 9.10. The Morgan fingerprint density at radius 2 is 2.00 bits per heavy atom. The molecule has 0 aromatic rings. The fourth-order valence-electron chi connectivity index (χ4n) is 3.44. The SMILES string of the molecule is CCC(CC)C1(C2CC2)CCCN1. The third-order valence-electron chi connectivity index (χ3n) is 4.24. The Bertz CT molecular complexity index is 162. The maximum atomic E-state index is 3.83. The standard InChI is InChI=1S/C12H23N/c1-3-10(4-2)12(11-6-7-11)8-5-9-13-12/h10-11,13H,3-9H2,1-2H3. The van der Waals surface area contributed by atoms with Gasteiger partial charge in [-0.15, -0.1) is 0 Å². The molecule has 1 atom stereocenters. The van der Waals surface area contributed by atoms with Gasteiger partial charge in [0.05, 0.1) is 0 Å². The molecule has 0 spiro atoms. The maximum absolute atomic E-state index is 3.83. The zero-order valence-corrected chi connectivity index (χ0v) is 9.10. The van der Waals surface area contributed by atoms with E-state index in [1.54, 1.807) is 0 Å². The van der Waals surface area contributed by atoms with Crippen LogP contribution in [0, 0.1) is 11.8 Å². The molecule has 1 unspecified atom stereocenters. The van der Waals surface area contributed by atoms with Crippen molar-refractivity contribution >= 4 is 0 Å². The Morgan fingerprint density at radius 1 is 1.31 bits per heavy atom. The van der Waals surface area contributed by atoms with E-state index < -0.39 is 0 Å². The summed E-state index contributed by atoms with van der Waals surface area (Å²) in [7, 11) is 0. The second-order valence-corrected chi connectivity index (χ2v) is 4.86. The minimum Gasteiger partial charge on any atom is -0.311 e. The van der Waals surface area contributed by atoms with Crippen molar-refractivity contribution in [2.24, 2.45) is 11.8 Å². The van der Waals surface area contributed by atoms with Crippen molar-refractivity contribution in [3.05, 3.63) is 0 Å². The van der Waals surface area contributed by atoms with Crippen LogP contribution >= 0.6 is 0 Å². The van der Waals surface area contributed by atoms with Gasteiger partial charge < -0.3 is 5.32 Å². The highest BCUT2D eigenvalue weighted by atomic mass is 15.0. The lowest BCUT2D eigenvalue weighted by molar-refractivity contribution is 0.191. The van der Waals surface area contributed by atoms with Gasteiger partial charge in [-0.1, -0.05) is 26.7 Å². The number of hydrogen-bond donors (Lipinski definition) is 1. The van der Waals surface area contributed by atoms with Crippen molar-refractivity contribution in [3.63, 3.8) is 0 Å². The van der Waals surface area contributed by atoms with Crippen LogP contribution in [0.2, 0.25) is 0 Å². The molecule has 1 aliphatic carbocycles. The molecule has 0 aromatic heterocycles. The first-order chi connectivity index (χ1) is 6.33. The molecule has 76 valence electrons. The predicted molar refractivity (Wildman–Crippen MR) is 56.8 cm³/mol. The van der Waals surface area contributed by atoms with E-state index in [2.05, 4.69) is 19.2 Å². The van der Waals surface area contributed by atoms with Crippen LogP contribution in [-0.2, 0) is 0 Å². The van der Waals surface area contributed by atoms with Crippen molar-refractivity contribution in [1.82, 2.24) is 5.32 Å². The van der Waals surface area contributed by atoms with Gasteiger partial charge in [0.1, 0.15) is 0 Å². The Labute approximate surface area is 82.3 Å². The van der Waals surface area contributed by atoms with Crippen LogP contribution in [0.4, 0.5) is 0 Å². The van der Waals surface area contributed by atoms with Crippen molar-refractivity contribution in [3.8, 4) is 0 Å². The minimum atomic E-state index is 0.573. The maximum Gasteiger partial charge on any atom is 0.0238 e. The summed E-state index contributed by atoms with van der Waals surface area (Å²) in [5, 5.41) is 3.83. The van der Waals surface area contributed by atoms with Gasteiger partial charge in [-0.05, 0) is 44.1 Å². The molecule has 2 aliphatic rings. The molecule has 1 heteroatoms. The van der Waals surface area contributed by atoms with Gasteiger partial charge >= 0.3 is 0 Å². The molecule has 1 N–H and O–H groups in total. The van der Waals surface area contributed by atoms with E-state index in [4.69, 9.17) is 0 Å². The van der Waals surface area contributed by atoms with Crippen LogP contribution < -0.4 is 5.32 Å². The fraction of sp³-hybridized carbons (Fsp3) is 1.00. The van der Waals surface area contributed by atoms with Crippen LogP contribution in [0.5, 0.6) is 0 Å². The van der Waals surface area contributed by atoms with Gasteiger partial charge in [0.15, 0.2) is 0 Å². The number of rotatable bonds is 4. The first kappa shape index (κ1) is 9.51. The molecule has 0 bridgehead atoms. The van der Waals surface area contributed by atoms with Crippen molar-refractivity contribution in [2.45, 2.75) is 57.9 Å². The van der Waals surface area contributed by atoms with Crippen LogP contribution in [0.25, 0.3) is 0 Å². The van der Waals surface area contributed by atoms with Crippen molar-refractivity contribution in [1.29, 1.82) is 0 Å². The lowest BCUT2D eigenvalue weighted by Gasteiger charge is -2.37. The van der Waals surface area contributed by atoms with Crippen LogP contribution in [-0.4, -0.2) is 12.1 Å². The normalized spacial score (nSPS) is 34.4. The highest BCUT2D eigenvalue weighted by Crippen LogP contribution is 2.49. The summed E-state index contributed by atoms with van der Waals surface area (Å²) in [6.45, 7) is 5.99. The van der Waals surface area contributed by atoms with E-state index in [1.807, 2.05) is 0 Å². The Hall–Kier alpha value is -0.0400. The largest absolute Gasteiger partial charge is 0.311 e. The van der Waals surface area contributed by atoms with E-state index in [0.29, 0.717) is 5.54 Å². The molecule has 0 aromatic carbocycles. The van der Waals surface area contributed by atoms with E-state index in [0.717, 1.165) is 11.8 Å². The zero-order chi connectivity index (χ0) is 9.31. The second kappa shape index (κ2) is 3.61. The van der Waals surface area contributed by atoms with Gasteiger partial charge in [0, 0.05) is 5.54 Å². The van der Waals surface area contributed by atoms with Crippen molar-refractivity contribution in [2.75, 3.05) is 6.54 Å².